The molecule has 0 bridgehead atoms. The van der Waals surface area contributed by atoms with Crippen molar-refractivity contribution in [1.29, 1.82) is 0 Å². The van der Waals surface area contributed by atoms with E-state index in [1.54, 1.807) is 24.5 Å². The number of morpholine rings is 1. The second kappa shape index (κ2) is 6.33. The smallest absolute Gasteiger partial charge is 0.249 e. The predicted octanol–water partition coefficient (Wildman–Crippen LogP) is 1.16. The summed E-state index contributed by atoms with van der Waals surface area (Å²) in [5.41, 5.74) is 0.926. The maximum absolute atomic E-state index is 13.1. The average Bonchev–Trinajstić information content (AvgIpc) is 3.22. The minimum atomic E-state index is -0.268. The number of ether oxygens (including phenoxy) is 1. The van der Waals surface area contributed by atoms with E-state index in [1.165, 1.54) is 12.1 Å². The molecule has 0 radical (unpaired) electrons. The number of hydrogen-bond acceptors (Lipinski definition) is 4. The fourth-order valence-corrected chi connectivity index (χ4v) is 3.46. The van der Waals surface area contributed by atoms with Crippen molar-refractivity contribution < 1.29 is 13.9 Å². The van der Waals surface area contributed by atoms with Crippen LogP contribution >= 0.6 is 0 Å². The minimum Gasteiger partial charge on any atom is -0.365 e. The van der Waals surface area contributed by atoms with Crippen LogP contribution in [0.3, 0.4) is 0 Å². The van der Waals surface area contributed by atoms with Crippen LogP contribution in [0.15, 0.2) is 36.7 Å². The lowest BCUT2D eigenvalue weighted by Gasteiger charge is -2.36. The molecule has 2 aromatic rings. The number of hydrogen-bond donors (Lipinski definition) is 1. The van der Waals surface area contributed by atoms with E-state index in [2.05, 4.69) is 14.9 Å². The molecule has 7 heteroatoms. The summed E-state index contributed by atoms with van der Waals surface area (Å²) in [4.78, 5) is 23.8. The molecule has 6 nitrogen and oxygen atoms in total. The number of nitrogens with zero attached hydrogens (tertiary/aromatic N) is 3. The lowest BCUT2D eigenvalue weighted by Crippen LogP contribution is -2.53. The molecule has 126 valence electrons. The summed E-state index contributed by atoms with van der Waals surface area (Å²) >= 11 is 0. The second-order valence-corrected chi connectivity index (χ2v) is 6.29. The molecule has 0 unspecified atom stereocenters. The molecule has 2 aliphatic rings. The first-order valence-electron chi connectivity index (χ1n) is 8.05. The summed E-state index contributed by atoms with van der Waals surface area (Å²) in [6, 6.07) is 6.32. The lowest BCUT2D eigenvalue weighted by atomic mass is 10.1. The summed E-state index contributed by atoms with van der Waals surface area (Å²) in [7, 11) is 0. The number of nitrogens with one attached hydrogen (secondary N) is 1. The Bertz CT molecular complexity index is 704. The molecule has 0 aliphatic carbocycles. The van der Waals surface area contributed by atoms with E-state index in [0.29, 0.717) is 13.1 Å². The standard InChI is InChI=1S/C17H19FN4O2/c18-13-3-1-12(2-4-13)7-22-14-8-21(10-16-19-5-6-20-16)9-15(14)24-11-17(22)23/h1-6,14-15H,7-11H2,(H,19,20)/t14-,15+/m1/s1. The van der Waals surface area contributed by atoms with Gasteiger partial charge < -0.3 is 14.6 Å². The van der Waals surface area contributed by atoms with E-state index in [-0.39, 0.29) is 30.5 Å². The molecule has 1 N–H and O–H groups in total. The van der Waals surface area contributed by atoms with Gasteiger partial charge >= 0.3 is 0 Å². The van der Waals surface area contributed by atoms with Crippen molar-refractivity contribution >= 4 is 5.91 Å². The van der Waals surface area contributed by atoms with Gasteiger partial charge in [0.1, 0.15) is 18.2 Å². The monoisotopic (exact) mass is 330 g/mol. The van der Waals surface area contributed by atoms with Crippen molar-refractivity contribution in [2.45, 2.75) is 25.2 Å². The Hall–Kier alpha value is -2.25. The highest BCUT2D eigenvalue weighted by Crippen LogP contribution is 2.26. The summed E-state index contributed by atoms with van der Waals surface area (Å²) in [6.07, 6.45) is 3.55. The number of halogens is 1. The number of aromatic amines is 1. The zero-order valence-corrected chi connectivity index (χ0v) is 13.2. The Morgan fingerprint density at radius 1 is 1.25 bits per heavy atom. The fraction of sp³-hybridized carbons (Fsp3) is 0.412. The van der Waals surface area contributed by atoms with Gasteiger partial charge in [-0.25, -0.2) is 9.37 Å². The van der Waals surface area contributed by atoms with Crippen LogP contribution in [0.5, 0.6) is 0 Å². The highest BCUT2D eigenvalue weighted by atomic mass is 19.1. The molecular formula is C17H19FN4O2. The Labute approximate surface area is 139 Å². The zero-order valence-electron chi connectivity index (χ0n) is 13.2. The van der Waals surface area contributed by atoms with Crippen LogP contribution in [0, 0.1) is 5.82 Å². The fourth-order valence-electron chi connectivity index (χ4n) is 3.46. The number of imidazole rings is 1. The zero-order chi connectivity index (χ0) is 16.5. The number of aromatic nitrogens is 2. The number of rotatable bonds is 4. The van der Waals surface area contributed by atoms with E-state index in [4.69, 9.17) is 4.74 Å². The molecule has 24 heavy (non-hydrogen) atoms. The number of amides is 1. The van der Waals surface area contributed by atoms with Crippen LogP contribution in [-0.4, -0.2) is 57.5 Å². The van der Waals surface area contributed by atoms with E-state index in [1.807, 2.05) is 4.90 Å². The van der Waals surface area contributed by atoms with E-state index < -0.39 is 0 Å². The second-order valence-electron chi connectivity index (χ2n) is 6.29. The molecule has 2 atom stereocenters. The van der Waals surface area contributed by atoms with Crippen LogP contribution in [0.4, 0.5) is 4.39 Å². The van der Waals surface area contributed by atoms with E-state index in [9.17, 15) is 9.18 Å². The van der Waals surface area contributed by atoms with Crippen molar-refractivity contribution in [3.05, 3.63) is 53.9 Å². The highest BCUT2D eigenvalue weighted by Gasteiger charge is 2.43. The molecule has 1 aromatic heterocycles. The lowest BCUT2D eigenvalue weighted by molar-refractivity contribution is -0.153. The Balaban J connectivity index is 1.47. The molecule has 1 aromatic carbocycles. The molecule has 3 heterocycles. The topological polar surface area (TPSA) is 61.5 Å². The van der Waals surface area contributed by atoms with Crippen molar-refractivity contribution in [1.82, 2.24) is 19.8 Å². The van der Waals surface area contributed by atoms with Gasteiger partial charge in [-0.05, 0) is 17.7 Å². The summed E-state index contributed by atoms with van der Waals surface area (Å²) in [5.74, 6) is 0.626. The van der Waals surface area contributed by atoms with E-state index in [0.717, 1.165) is 24.5 Å². The van der Waals surface area contributed by atoms with Gasteiger partial charge in [-0.3, -0.25) is 9.69 Å². The molecule has 0 spiro atoms. The normalized spacial score (nSPS) is 24.4. The molecule has 0 saturated carbocycles. The number of carbonyl (C=O) groups is 1. The van der Waals surface area contributed by atoms with Crippen molar-refractivity contribution in [3.8, 4) is 0 Å². The summed E-state index contributed by atoms with van der Waals surface area (Å²) in [6.45, 7) is 2.83. The largest absolute Gasteiger partial charge is 0.365 e. The molecular weight excluding hydrogens is 311 g/mol. The Morgan fingerprint density at radius 3 is 2.83 bits per heavy atom. The van der Waals surface area contributed by atoms with Crippen LogP contribution in [0.25, 0.3) is 0 Å². The average molecular weight is 330 g/mol. The molecule has 2 aliphatic heterocycles. The van der Waals surface area contributed by atoms with Gasteiger partial charge in [-0.15, -0.1) is 0 Å². The molecule has 2 saturated heterocycles. The number of H-pyrrole nitrogens is 1. The van der Waals surface area contributed by atoms with Gasteiger partial charge in [0.25, 0.3) is 0 Å². The molecule has 4 rings (SSSR count). The first-order valence-corrected chi connectivity index (χ1v) is 8.05. The van der Waals surface area contributed by atoms with Crippen LogP contribution < -0.4 is 0 Å². The Kier molecular flexibility index (Phi) is 4.03. The van der Waals surface area contributed by atoms with Gasteiger partial charge in [0, 0.05) is 32.0 Å². The van der Waals surface area contributed by atoms with Crippen LogP contribution in [-0.2, 0) is 22.6 Å². The van der Waals surface area contributed by atoms with Gasteiger partial charge in [-0.2, -0.15) is 0 Å². The van der Waals surface area contributed by atoms with Crippen molar-refractivity contribution in [2.75, 3.05) is 19.7 Å². The van der Waals surface area contributed by atoms with Gasteiger partial charge in [0.05, 0.1) is 18.7 Å². The van der Waals surface area contributed by atoms with Crippen molar-refractivity contribution in [2.24, 2.45) is 0 Å². The quantitative estimate of drug-likeness (QED) is 0.914. The SMILES string of the molecule is O=C1CO[C@H]2CN(Cc3ncc[nH]3)C[C@H]2N1Cc1ccc(F)cc1. The van der Waals surface area contributed by atoms with Crippen molar-refractivity contribution in [3.63, 3.8) is 0 Å². The summed E-state index contributed by atoms with van der Waals surface area (Å²) in [5, 5.41) is 0. The maximum Gasteiger partial charge on any atom is 0.249 e. The molecule has 1 amide bonds. The van der Waals surface area contributed by atoms with Gasteiger partial charge in [-0.1, -0.05) is 12.1 Å². The van der Waals surface area contributed by atoms with Gasteiger partial charge in [0.15, 0.2) is 0 Å². The number of fused-ring (bicyclic) bond motifs is 1. The number of benzene rings is 1. The van der Waals surface area contributed by atoms with Gasteiger partial charge in [0.2, 0.25) is 5.91 Å². The van der Waals surface area contributed by atoms with Crippen LogP contribution in [0.1, 0.15) is 11.4 Å². The first-order chi connectivity index (χ1) is 11.7. The third-order valence-corrected chi connectivity index (χ3v) is 4.65. The van der Waals surface area contributed by atoms with Crippen LogP contribution in [0.2, 0.25) is 0 Å². The maximum atomic E-state index is 13.1. The highest BCUT2D eigenvalue weighted by molar-refractivity contribution is 5.78. The third kappa shape index (κ3) is 3.05. The minimum absolute atomic E-state index is 0.0121. The number of carbonyl (C=O) groups excluding carboxylic acids is 1. The summed E-state index contributed by atoms with van der Waals surface area (Å²) < 4.78 is 18.8. The first kappa shape index (κ1) is 15.3. The predicted molar refractivity (Wildman–Crippen MR) is 84.3 cm³/mol. The Morgan fingerprint density at radius 2 is 2.08 bits per heavy atom. The van der Waals surface area contributed by atoms with E-state index >= 15 is 0 Å². The number of likely N-dealkylation sites (tertiary alicyclic amines) is 1. The third-order valence-electron chi connectivity index (χ3n) is 4.65. The molecule has 2 fully saturated rings.